The summed E-state index contributed by atoms with van der Waals surface area (Å²) >= 11 is 1.74. The topological polar surface area (TPSA) is 66.0 Å². The first-order valence-corrected chi connectivity index (χ1v) is 8.64. The normalized spacial score (nSPS) is 16.0. The summed E-state index contributed by atoms with van der Waals surface area (Å²) < 4.78 is 5.35. The Bertz CT molecular complexity index is 571. The van der Waals surface area contributed by atoms with Crippen molar-refractivity contribution in [2.24, 2.45) is 4.99 Å². The predicted octanol–water partition coefficient (Wildman–Crippen LogP) is 2.34. The van der Waals surface area contributed by atoms with Gasteiger partial charge in [0.05, 0.1) is 12.6 Å². The van der Waals surface area contributed by atoms with Gasteiger partial charge in [-0.3, -0.25) is 4.99 Å². The zero-order chi connectivity index (χ0) is 17.0. The maximum atomic E-state index is 11.9. The third-order valence-corrected chi connectivity index (χ3v) is 4.51. The zero-order valence-electron chi connectivity index (χ0n) is 14.5. The van der Waals surface area contributed by atoms with Crippen LogP contribution in [0.3, 0.4) is 0 Å². The lowest BCUT2D eigenvalue weighted by Gasteiger charge is -2.40. The van der Waals surface area contributed by atoms with Crippen LogP contribution in [0.25, 0.3) is 0 Å². The van der Waals surface area contributed by atoms with Gasteiger partial charge in [-0.05, 0) is 44.7 Å². The molecule has 0 unspecified atom stereocenters. The fourth-order valence-electron chi connectivity index (χ4n) is 2.18. The minimum Gasteiger partial charge on any atom is -0.444 e. The number of guanidine groups is 1. The highest BCUT2D eigenvalue weighted by Gasteiger charge is 2.34. The number of amides is 1. The van der Waals surface area contributed by atoms with Gasteiger partial charge in [-0.15, -0.1) is 11.3 Å². The van der Waals surface area contributed by atoms with Crippen molar-refractivity contribution in [3.63, 3.8) is 0 Å². The SMILES string of the molecule is CN=C(NCc1sccc1C)NC1CN(C(=O)OC(C)(C)C)C1. The van der Waals surface area contributed by atoms with Crippen molar-refractivity contribution < 1.29 is 9.53 Å². The molecule has 0 bridgehead atoms. The third-order valence-electron chi connectivity index (χ3n) is 3.48. The molecule has 2 rings (SSSR count). The highest BCUT2D eigenvalue weighted by Crippen LogP contribution is 2.16. The van der Waals surface area contributed by atoms with E-state index in [1.165, 1.54) is 10.4 Å². The van der Waals surface area contributed by atoms with Crippen LogP contribution in [0.5, 0.6) is 0 Å². The standard InChI is InChI=1S/C16H26N4O2S/c1-11-6-7-23-13(11)8-18-14(17-5)19-12-9-20(10-12)15(21)22-16(2,3)4/h6-7,12H,8-10H2,1-5H3,(H2,17,18,19). The Kier molecular flexibility index (Phi) is 5.51. The molecule has 0 aliphatic carbocycles. The lowest BCUT2D eigenvalue weighted by molar-refractivity contribution is 0.00701. The van der Waals surface area contributed by atoms with Gasteiger partial charge in [0.1, 0.15) is 5.60 Å². The molecule has 2 heterocycles. The monoisotopic (exact) mass is 338 g/mol. The van der Waals surface area contributed by atoms with E-state index in [2.05, 4.69) is 34.0 Å². The highest BCUT2D eigenvalue weighted by molar-refractivity contribution is 7.10. The van der Waals surface area contributed by atoms with E-state index in [0.29, 0.717) is 13.1 Å². The number of hydrogen-bond donors (Lipinski definition) is 2. The van der Waals surface area contributed by atoms with E-state index < -0.39 is 5.60 Å². The van der Waals surface area contributed by atoms with Gasteiger partial charge in [-0.2, -0.15) is 0 Å². The molecule has 1 amide bonds. The summed E-state index contributed by atoms with van der Waals surface area (Å²) in [4.78, 5) is 19.1. The number of carbonyl (C=O) groups is 1. The van der Waals surface area contributed by atoms with Crippen LogP contribution in [0.2, 0.25) is 0 Å². The lowest BCUT2D eigenvalue weighted by Crippen LogP contribution is -2.63. The third kappa shape index (κ3) is 5.13. The smallest absolute Gasteiger partial charge is 0.410 e. The molecular formula is C16H26N4O2S. The fraction of sp³-hybridized carbons (Fsp3) is 0.625. The molecule has 1 saturated heterocycles. The lowest BCUT2D eigenvalue weighted by atomic mass is 10.1. The molecule has 2 N–H and O–H groups in total. The number of rotatable bonds is 3. The van der Waals surface area contributed by atoms with Crippen molar-refractivity contribution in [3.05, 3.63) is 21.9 Å². The van der Waals surface area contributed by atoms with Gasteiger partial charge >= 0.3 is 6.09 Å². The quantitative estimate of drug-likeness (QED) is 0.656. The Morgan fingerprint density at radius 1 is 1.48 bits per heavy atom. The Hall–Kier alpha value is -1.76. The van der Waals surface area contributed by atoms with E-state index in [9.17, 15) is 4.79 Å². The first-order chi connectivity index (χ1) is 10.8. The van der Waals surface area contributed by atoms with Gasteiger partial charge in [0.25, 0.3) is 0 Å². The van der Waals surface area contributed by atoms with Crippen LogP contribution in [0.1, 0.15) is 31.2 Å². The molecule has 23 heavy (non-hydrogen) atoms. The fourth-order valence-corrected chi connectivity index (χ4v) is 3.03. The van der Waals surface area contributed by atoms with Gasteiger partial charge in [0.2, 0.25) is 0 Å². The van der Waals surface area contributed by atoms with Crippen molar-refractivity contribution in [1.82, 2.24) is 15.5 Å². The Morgan fingerprint density at radius 2 is 2.17 bits per heavy atom. The van der Waals surface area contributed by atoms with Crippen LogP contribution in [0, 0.1) is 6.92 Å². The van der Waals surface area contributed by atoms with Crippen LogP contribution in [-0.4, -0.2) is 48.7 Å². The number of aryl methyl sites for hydroxylation is 1. The van der Waals surface area contributed by atoms with E-state index in [1.54, 1.807) is 23.3 Å². The van der Waals surface area contributed by atoms with Gasteiger partial charge in [0, 0.05) is 25.0 Å². The molecule has 1 aliphatic heterocycles. The van der Waals surface area contributed by atoms with Crippen LogP contribution in [0.4, 0.5) is 4.79 Å². The molecule has 7 heteroatoms. The molecule has 0 aromatic carbocycles. The largest absolute Gasteiger partial charge is 0.444 e. The number of likely N-dealkylation sites (tertiary alicyclic amines) is 1. The number of nitrogens with one attached hydrogen (secondary N) is 2. The first kappa shape index (κ1) is 17.6. The molecule has 1 aromatic rings. The molecular weight excluding hydrogens is 312 g/mol. The molecule has 1 aromatic heterocycles. The number of aliphatic imine (C=N–C) groups is 1. The Morgan fingerprint density at radius 3 is 2.70 bits per heavy atom. The number of thiophene rings is 1. The second kappa shape index (κ2) is 7.21. The summed E-state index contributed by atoms with van der Waals surface area (Å²) in [6.45, 7) is 9.75. The summed E-state index contributed by atoms with van der Waals surface area (Å²) in [7, 11) is 1.75. The minimum absolute atomic E-state index is 0.207. The van der Waals surface area contributed by atoms with E-state index in [4.69, 9.17) is 4.74 Å². The van der Waals surface area contributed by atoms with Crippen LogP contribution in [-0.2, 0) is 11.3 Å². The molecule has 1 fully saturated rings. The number of carbonyl (C=O) groups excluding carboxylic acids is 1. The van der Waals surface area contributed by atoms with Gasteiger partial charge in [-0.25, -0.2) is 4.79 Å². The van der Waals surface area contributed by atoms with E-state index in [1.807, 2.05) is 20.8 Å². The van der Waals surface area contributed by atoms with Crippen molar-refractivity contribution in [3.8, 4) is 0 Å². The molecule has 128 valence electrons. The number of hydrogen-bond acceptors (Lipinski definition) is 4. The van der Waals surface area contributed by atoms with E-state index in [0.717, 1.165) is 12.5 Å². The number of nitrogens with zero attached hydrogens (tertiary/aromatic N) is 2. The molecule has 0 radical (unpaired) electrons. The first-order valence-electron chi connectivity index (χ1n) is 7.76. The summed E-state index contributed by atoms with van der Waals surface area (Å²) in [5.74, 6) is 0.756. The van der Waals surface area contributed by atoms with Crippen molar-refractivity contribution in [2.75, 3.05) is 20.1 Å². The van der Waals surface area contributed by atoms with Crippen molar-refractivity contribution in [1.29, 1.82) is 0 Å². The summed E-state index contributed by atoms with van der Waals surface area (Å²) in [5.41, 5.74) is 0.837. The summed E-state index contributed by atoms with van der Waals surface area (Å²) in [6.07, 6.45) is -0.257. The minimum atomic E-state index is -0.453. The predicted molar refractivity (Wildman–Crippen MR) is 94.0 cm³/mol. The summed E-state index contributed by atoms with van der Waals surface area (Å²) in [5, 5.41) is 8.73. The average Bonchev–Trinajstić information content (AvgIpc) is 2.80. The maximum Gasteiger partial charge on any atom is 0.410 e. The van der Waals surface area contributed by atoms with Crippen LogP contribution in [0.15, 0.2) is 16.4 Å². The van der Waals surface area contributed by atoms with Crippen molar-refractivity contribution in [2.45, 2.75) is 45.9 Å². The zero-order valence-corrected chi connectivity index (χ0v) is 15.3. The molecule has 0 spiro atoms. The van der Waals surface area contributed by atoms with Crippen molar-refractivity contribution >= 4 is 23.4 Å². The Balaban J connectivity index is 1.73. The van der Waals surface area contributed by atoms with Gasteiger partial charge < -0.3 is 20.3 Å². The van der Waals surface area contributed by atoms with E-state index in [-0.39, 0.29) is 12.1 Å². The van der Waals surface area contributed by atoms with Gasteiger partial charge in [0.15, 0.2) is 5.96 Å². The molecule has 0 saturated carbocycles. The molecule has 0 atom stereocenters. The number of ether oxygens (including phenoxy) is 1. The Labute approximate surface area is 141 Å². The van der Waals surface area contributed by atoms with E-state index >= 15 is 0 Å². The van der Waals surface area contributed by atoms with Crippen LogP contribution >= 0.6 is 11.3 Å². The summed E-state index contributed by atoms with van der Waals surface area (Å²) in [6, 6.07) is 2.32. The second-order valence-corrected chi connectivity index (χ2v) is 7.68. The average molecular weight is 338 g/mol. The maximum absolute atomic E-state index is 11.9. The van der Waals surface area contributed by atoms with Crippen LogP contribution < -0.4 is 10.6 Å². The van der Waals surface area contributed by atoms with Gasteiger partial charge in [-0.1, -0.05) is 0 Å². The highest BCUT2D eigenvalue weighted by atomic mass is 32.1. The second-order valence-electron chi connectivity index (χ2n) is 6.68. The molecule has 6 nitrogen and oxygen atoms in total. The molecule has 1 aliphatic rings.